The van der Waals surface area contributed by atoms with E-state index in [0.29, 0.717) is 5.75 Å². The van der Waals surface area contributed by atoms with Gasteiger partial charge in [-0.15, -0.1) is 0 Å². The number of hydrogen-bond donors (Lipinski definition) is 2. The molecule has 0 aromatic heterocycles. The summed E-state index contributed by atoms with van der Waals surface area (Å²) in [5.74, 6) is -0.365. The molecule has 0 atom stereocenters. The Balaban J connectivity index is 2.19. The van der Waals surface area contributed by atoms with Crippen LogP contribution in [-0.4, -0.2) is 30.5 Å². The molecule has 1 rings (SSSR count). The summed E-state index contributed by atoms with van der Waals surface area (Å²) in [5, 5.41) is 5.25. The second-order valence-electron chi connectivity index (χ2n) is 5.63. The summed E-state index contributed by atoms with van der Waals surface area (Å²) in [5.41, 5.74) is -0.326. The number of carbonyl (C=O) groups excluding carboxylic acids is 2. The molecule has 0 fully saturated rings. The zero-order valence-electron chi connectivity index (χ0n) is 12.5. The Hall–Kier alpha value is -2.11. The highest BCUT2D eigenvalue weighted by Gasteiger charge is 2.14. The Morgan fingerprint density at radius 1 is 1.14 bits per heavy atom. The molecule has 2 N–H and O–H groups in total. The fraction of sp³-hybridized carbons (Fsp3) is 0.467. The van der Waals surface area contributed by atoms with E-state index < -0.39 is 0 Å². The number of hydrogen-bond acceptors (Lipinski definition) is 3. The van der Waals surface area contributed by atoms with Crippen molar-refractivity contribution in [3.8, 4) is 5.75 Å². The van der Waals surface area contributed by atoms with Gasteiger partial charge in [0.1, 0.15) is 11.6 Å². The minimum Gasteiger partial charge on any atom is -0.493 e. The van der Waals surface area contributed by atoms with Gasteiger partial charge in [-0.1, -0.05) is 0 Å². The lowest BCUT2D eigenvalue weighted by atomic mass is 10.1. The van der Waals surface area contributed by atoms with Crippen molar-refractivity contribution in [1.29, 1.82) is 0 Å². The molecular formula is C15H21FN2O3. The van der Waals surface area contributed by atoms with E-state index in [0.717, 1.165) is 0 Å². The molecule has 1 aromatic carbocycles. The van der Waals surface area contributed by atoms with Crippen molar-refractivity contribution in [3.63, 3.8) is 0 Å². The number of halogens is 1. The van der Waals surface area contributed by atoms with E-state index in [1.165, 1.54) is 24.3 Å². The SMILES string of the molecule is CC(C)(C)NC(=O)CNC(=O)CCOc1ccc(F)cc1. The van der Waals surface area contributed by atoms with Gasteiger partial charge >= 0.3 is 0 Å². The zero-order chi connectivity index (χ0) is 15.9. The van der Waals surface area contributed by atoms with Gasteiger partial charge in [-0.25, -0.2) is 4.39 Å². The normalized spacial score (nSPS) is 10.9. The van der Waals surface area contributed by atoms with Crippen molar-refractivity contribution in [2.24, 2.45) is 0 Å². The summed E-state index contributed by atoms with van der Waals surface area (Å²) in [6, 6.07) is 5.55. The number of benzene rings is 1. The second-order valence-corrected chi connectivity index (χ2v) is 5.63. The minimum absolute atomic E-state index is 0.0628. The molecule has 21 heavy (non-hydrogen) atoms. The Morgan fingerprint density at radius 2 is 1.76 bits per heavy atom. The third-order valence-corrected chi connectivity index (χ3v) is 2.37. The van der Waals surface area contributed by atoms with E-state index in [1.807, 2.05) is 20.8 Å². The molecule has 0 spiro atoms. The van der Waals surface area contributed by atoms with Crippen LogP contribution in [0, 0.1) is 5.82 Å². The first kappa shape index (κ1) is 16.9. The highest BCUT2D eigenvalue weighted by Crippen LogP contribution is 2.10. The summed E-state index contributed by atoms with van der Waals surface area (Å²) < 4.78 is 18.0. The van der Waals surface area contributed by atoms with E-state index in [-0.39, 0.29) is 42.7 Å². The van der Waals surface area contributed by atoms with Crippen molar-refractivity contribution in [2.45, 2.75) is 32.7 Å². The maximum Gasteiger partial charge on any atom is 0.239 e. The Bertz CT molecular complexity index is 481. The lowest BCUT2D eigenvalue weighted by molar-refractivity contribution is -0.127. The number of ether oxygens (including phenoxy) is 1. The third-order valence-electron chi connectivity index (χ3n) is 2.37. The highest BCUT2D eigenvalue weighted by molar-refractivity contribution is 5.85. The Kier molecular flexibility index (Phi) is 6.14. The van der Waals surface area contributed by atoms with Crippen LogP contribution in [0.1, 0.15) is 27.2 Å². The lowest BCUT2D eigenvalue weighted by Gasteiger charge is -2.20. The largest absolute Gasteiger partial charge is 0.493 e. The summed E-state index contributed by atoms with van der Waals surface area (Å²) >= 11 is 0. The van der Waals surface area contributed by atoms with Crippen molar-refractivity contribution >= 4 is 11.8 Å². The van der Waals surface area contributed by atoms with Gasteiger partial charge in [-0.2, -0.15) is 0 Å². The highest BCUT2D eigenvalue weighted by atomic mass is 19.1. The van der Waals surface area contributed by atoms with Crippen LogP contribution >= 0.6 is 0 Å². The maximum atomic E-state index is 12.7. The molecule has 0 aliphatic heterocycles. The topological polar surface area (TPSA) is 67.4 Å². The van der Waals surface area contributed by atoms with Gasteiger partial charge in [0.2, 0.25) is 11.8 Å². The molecule has 0 aliphatic carbocycles. The van der Waals surface area contributed by atoms with Gasteiger partial charge in [0.05, 0.1) is 19.6 Å². The molecule has 0 saturated heterocycles. The van der Waals surface area contributed by atoms with Crippen molar-refractivity contribution in [1.82, 2.24) is 10.6 Å². The summed E-state index contributed by atoms with van der Waals surface area (Å²) in [7, 11) is 0. The zero-order valence-corrected chi connectivity index (χ0v) is 12.5. The number of amides is 2. The first-order valence-electron chi connectivity index (χ1n) is 6.72. The van der Waals surface area contributed by atoms with Gasteiger partial charge in [0, 0.05) is 5.54 Å². The van der Waals surface area contributed by atoms with Gasteiger partial charge in [-0.3, -0.25) is 9.59 Å². The fourth-order valence-corrected chi connectivity index (χ4v) is 1.52. The first-order valence-corrected chi connectivity index (χ1v) is 6.72. The van der Waals surface area contributed by atoms with Crippen LogP contribution in [0.5, 0.6) is 5.75 Å². The minimum atomic E-state index is -0.343. The Labute approximate surface area is 123 Å². The monoisotopic (exact) mass is 296 g/mol. The van der Waals surface area contributed by atoms with Gasteiger partial charge in [-0.05, 0) is 45.0 Å². The predicted molar refractivity (Wildman–Crippen MR) is 77.4 cm³/mol. The average molecular weight is 296 g/mol. The third kappa shape index (κ3) is 7.91. The van der Waals surface area contributed by atoms with E-state index in [1.54, 1.807) is 0 Å². The lowest BCUT2D eigenvalue weighted by Crippen LogP contribution is -2.45. The summed E-state index contributed by atoms with van der Waals surface area (Å²) in [4.78, 5) is 23.0. The smallest absolute Gasteiger partial charge is 0.239 e. The van der Waals surface area contributed by atoms with Crippen LogP contribution in [0.25, 0.3) is 0 Å². The number of rotatable bonds is 6. The van der Waals surface area contributed by atoms with Gasteiger partial charge < -0.3 is 15.4 Å². The second kappa shape index (κ2) is 7.61. The van der Waals surface area contributed by atoms with E-state index >= 15 is 0 Å². The van der Waals surface area contributed by atoms with Crippen LogP contribution in [-0.2, 0) is 9.59 Å². The number of carbonyl (C=O) groups is 2. The van der Waals surface area contributed by atoms with Crippen molar-refractivity contribution in [3.05, 3.63) is 30.1 Å². The molecule has 0 unspecified atom stereocenters. The predicted octanol–water partition coefficient (Wildman–Crippen LogP) is 1.63. The molecule has 2 amide bonds. The molecule has 116 valence electrons. The molecule has 1 aromatic rings. The van der Waals surface area contributed by atoms with Crippen molar-refractivity contribution < 1.29 is 18.7 Å². The molecule has 0 aliphatic rings. The maximum absolute atomic E-state index is 12.7. The molecular weight excluding hydrogens is 275 g/mol. The average Bonchev–Trinajstić information content (AvgIpc) is 2.37. The van der Waals surface area contributed by atoms with Crippen LogP contribution in [0.15, 0.2) is 24.3 Å². The standard InChI is InChI=1S/C15H21FN2O3/c1-15(2,3)18-14(20)10-17-13(19)8-9-21-12-6-4-11(16)5-7-12/h4-7H,8-10H2,1-3H3,(H,17,19)(H,18,20). The Morgan fingerprint density at radius 3 is 2.33 bits per heavy atom. The molecule has 5 nitrogen and oxygen atoms in total. The first-order chi connectivity index (χ1) is 9.76. The number of nitrogens with one attached hydrogen (secondary N) is 2. The molecule has 0 bridgehead atoms. The van der Waals surface area contributed by atoms with Gasteiger partial charge in [0.25, 0.3) is 0 Å². The van der Waals surface area contributed by atoms with E-state index in [2.05, 4.69) is 10.6 Å². The fourth-order valence-electron chi connectivity index (χ4n) is 1.52. The summed E-state index contributed by atoms with van der Waals surface area (Å²) in [6.07, 6.45) is 0.125. The van der Waals surface area contributed by atoms with Crippen LogP contribution in [0.2, 0.25) is 0 Å². The van der Waals surface area contributed by atoms with Crippen molar-refractivity contribution in [2.75, 3.05) is 13.2 Å². The van der Waals surface area contributed by atoms with Crippen LogP contribution in [0.3, 0.4) is 0 Å². The van der Waals surface area contributed by atoms with Crippen LogP contribution in [0.4, 0.5) is 4.39 Å². The molecule has 0 heterocycles. The molecule has 0 radical (unpaired) electrons. The van der Waals surface area contributed by atoms with Gasteiger partial charge in [0.15, 0.2) is 0 Å². The summed E-state index contributed by atoms with van der Waals surface area (Å²) in [6.45, 7) is 5.70. The quantitative estimate of drug-likeness (QED) is 0.838. The van der Waals surface area contributed by atoms with Crippen LogP contribution < -0.4 is 15.4 Å². The molecule has 0 saturated carbocycles. The van der Waals surface area contributed by atoms with E-state index in [4.69, 9.17) is 4.74 Å². The molecule has 6 heteroatoms. The van der Waals surface area contributed by atoms with E-state index in [9.17, 15) is 14.0 Å².